The molecule has 2 atom stereocenters. The smallest absolute Gasteiger partial charge is 0.158 e. The Balaban J connectivity index is 1.60. The van der Waals surface area contributed by atoms with E-state index in [2.05, 4.69) is 10.3 Å². The van der Waals surface area contributed by atoms with Crippen LogP contribution in [-0.2, 0) is 16.1 Å². The second-order valence-electron chi connectivity index (χ2n) is 5.64. The van der Waals surface area contributed by atoms with Crippen LogP contribution in [0.4, 0.5) is 0 Å². The topological polar surface area (TPSA) is 75.2 Å². The largest absolute Gasteiger partial charge is 0.353 e. The van der Waals surface area contributed by atoms with Gasteiger partial charge >= 0.3 is 0 Å². The lowest BCUT2D eigenvalue weighted by atomic mass is 10.1. The molecule has 22 heavy (non-hydrogen) atoms. The average molecular weight is 302 g/mol. The minimum Gasteiger partial charge on any atom is -0.353 e. The van der Waals surface area contributed by atoms with E-state index in [0.717, 1.165) is 42.8 Å². The van der Waals surface area contributed by atoms with Crippen LogP contribution >= 0.6 is 0 Å². The summed E-state index contributed by atoms with van der Waals surface area (Å²) in [5.74, 6) is 0. The molecule has 6 nitrogen and oxygen atoms in total. The summed E-state index contributed by atoms with van der Waals surface area (Å²) in [7, 11) is 0. The van der Waals surface area contributed by atoms with E-state index >= 15 is 0 Å². The maximum atomic E-state index is 5.85. The molecule has 0 spiro atoms. The molecule has 0 radical (unpaired) electrons. The van der Waals surface area contributed by atoms with Crippen LogP contribution < -0.4 is 5.73 Å². The van der Waals surface area contributed by atoms with Gasteiger partial charge in [-0.1, -0.05) is 17.3 Å². The predicted molar refractivity (Wildman–Crippen MR) is 82.3 cm³/mol. The molecule has 0 bridgehead atoms. The summed E-state index contributed by atoms with van der Waals surface area (Å²) < 4.78 is 13.0. The van der Waals surface area contributed by atoms with Gasteiger partial charge in [0.05, 0.1) is 18.5 Å². The van der Waals surface area contributed by atoms with Crippen molar-refractivity contribution in [3.63, 3.8) is 0 Å². The van der Waals surface area contributed by atoms with Crippen molar-refractivity contribution in [1.82, 2.24) is 15.0 Å². The van der Waals surface area contributed by atoms with Crippen molar-refractivity contribution in [2.24, 2.45) is 5.73 Å². The van der Waals surface area contributed by atoms with E-state index in [1.54, 1.807) is 4.68 Å². The Bertz CT molecular complexity index is 588. The minimum absolute atomic E-state index is 0.0317. The lowest BCUT2D eigenvalue weighted by Gasteiger charge is -2.22. The Morgan fingerprint density at radius 2 is 2.18 bits per heavy atom. The second-order valence-corrected chi connectivity index (χ2v) is 5.64. The molecule has 2 unspecified atom stereocenters. The Labute approximate surface area is 130 Å². The standard InChI is InChI=1S/C16H22N4O2/c1-12(17)13-5-7-15(8-6-13)20-10-14(18-19-20)11-22-16-4-2-3-9-21-16/h5-8,10,12,16H,2-4,9,11,17H2,1H3. The summed E-state index contributed by atoms with van der Waals surface area (Å²) in [6.45, 7) is 3.17. The molecule has 1 aromatic heterocycles. The van der Waals surface area contributed by atoms with Crippen LogP contribution in [-0.4, -0.2) is 27.9 Å². The lowest BCUT2D eigenvalue weighted by Crippen LogP contribution is -2.22. The van der Waals surface area contributed by atoms with Gasteiger partial charge in [-0.2, -0.15) is 0 Å². The summed E-state index contributed by atoms with van der Waals surface area (Å²) in [6, 6.07) is 8.02. The van der Waals surface area contributed by atoms with Gasteiger partial charge in [0.1, 0.15) is 5.69 Å². The van der Waals surface area contributed by atoms with Gasteiger partial charge in [-0.25, -0.2) is 4.68 Å². The zero-order valence-electron chi connectivity index (χ0n) is 12.8. The van der Waals surface area contributed by atoms with Gasteiger partial charge in [0.2, 0.25) is 0 Å². The number of hydrogen-bond donors (Lipinski definition) is 1. The van der Waals surface area contributed by atoms with E-state index in [-0.39, 0.29) is 12.3 Å². The molecule has 1 aliphatic heterocycles. The van der Waals surface area contributed by atoms with E-state index < -0.39 is 0 Å². The Hall–Kier alpha value is -1.76. The zero-order chi connectivity index (χ0) is 15.4. The van der Waals surface area contributed by atoms with Crippen LogP contribution in [0, 0.1) is 0 Å². The molecule has 6 heteroatoms. The first-order valence-corrected chi connectivity index (χ1v) is 7.73. The van der Waals surface area contributed by atoms with Crippen LogP contribution in [0.15, 0.2) is 30.5 Å². The molecule has 1 saturated heterocycles. The maximum Gasteiger partial charge on any atom is 0.158 e. The molecular formula is C16H22N4O2. The number of nitrogens with zero attached hydrogens (tertiary/aromatic N) is 3. The number of hydrogen-bond acceptors (Lipinski definition) is 5. The highest BCUT2D eigenvalue weighted by Gasteiger charge is 2.15. The van der Waals surface area contributed by atoms with Crippen LogP contribution in [0.1, 0.15) is 43.5 Å². The van der Waals surface area contributed by atoms with E-state index in [1.807, 2.05) is 37.4 Å². The highest BCUT2D eigenvalue weighted by atomic mass is 16.7. The summed E-state index contributed by atoms with van der Waals surface area (Å²) in [4.78, 5) is 0. The first kappa shape index (κ1) is 15.1. The van der Waals surface area contributed by atoms with Crippen molar-refractivity contribution < 1.29 is 9.47 Å². The number of ether oxygens (including phenoxy) is 2. The quantitative estimate of drug-likeness (QED) is 0.917. The Morgan fingerprint density at radius 1 is 1.36 bits per heavy atom. The van der Waals surface area contributed by atoms with Crippen LogP contribution in [0.2, 0.25) is 0 Å². The van der Waals surface area contributed by atoms with Crippen LogP contribution in [0.3, 0.4) is 0 Å². The summed E-state index contributed by atoms with van der Waals surface area (Å²) in [5.41, 5.74) is 8.71. The van der Waals surface area contributed by atoms with Gasteiger partial charge in [-0.05, 0) is 43.9 Å². The molecule has 0 aliphatic carbocycles. The monoisotopic (exact) mass is 302 g/mol. The number of rotatable bonds is 5. The highest BCUT2D eigenvalue weighted by molar-refractivity contribution is 5.34. The fourth-order valence-corrected chi connectivity index (χ4v) is 2.44. The van der Waals surface area contributed by atoms with Gasteiger partial charge in [0.15, 0.2) is 6.29 Å². The number of benzene rings is 1. The van der Waals surface area contributed by atoms with E-state index in [4.69, 9.17) is 15.2 Å². The molecule has 1 aromatic carbocycles. The van der Waals surface area contributed by atoms with Crippen LogP contribution in [0.25, 0.3) is 5.69 Å². The summed E-state index contributed by atoms with van der Waals surface area (Å²) in [6.07, 6.45) is 5.00. The van der Waals surface area contributed by atoms with Crippen molar-refractivity contribution in [2.45, 2.75) is 45.1 Å². The molecule has 0 amide bonds. The predicted octanol–water partition coefficient (Wildman–Crippen LogP) is 2.33. The van der Waals surface area contributed by atoms with Crippen LogP contribution in [0.5, 0.6) is 0 Å². The van der Waals surface area contributed by atoms with Gasteiger partial charge in [-0.3, -0.25) is 0 Å². The average Bonchev–Trinajstić information content (AvgIpc) is 3.03. The van der Waals surface area contributed by atoms with E-state index in [0.29, 0.717) is 6.61 Å². The molecule has 0 saturated carbocycles. The molecule has 118 valence electrons. The van der Waals surface area contributed by atoms with Crippen molar-refractivity contribution in [1.29, 1.82) is 0 Å². The minimum atomic E-state index is -0.107. The summed E-state index contributed by atoms with van der Waals surface area (Å²) >= 11 is 0. The number of nitrogens with two attached hydrogens (primary N) is 1. The fraction of sp³-hybridized carbons (Fsp3) is 0.500. The Morgan fingerprint density at radius 3 is 2.86 bits per heavy atom. The maximum absolute atomic E-state index is 5.85. The van der Waals surface area contributed by atoms with Crippen molar-refractivity contribution >= 4 is 0 Å². The lowest BCUT2D eigenvalue weighted by molar-refractivity contribution is -0.169. The van der Waals surface area contributed by atoms with Gasteiger partial charge in [0, 0.05) is 12.6 Å². The first-order valence-electron chi connectivity index (χ1n) is 7.73. The molecule has 3 rings (SSSR count). The molecule has 1 fully saturated rings. The zero-order valence-corrected chi connectivity index (χ0v) is 12.8. The third-order valence-corrected chi connectivity index (χ3v) is 3.78. The third-order valence-electron chi connectivity index (χ3n) is 3.78. The summed E-state index contributed by atoms with van der Waals surface area (Å²) in [5, 5.41) is 8.28. The molecule has 2 heterocycles. The molecular weight excluding hydrogens is 280 g/mol. The highest BCUT2D eigenvalue weighted by Crippen LogP contribution is 2.16. The van der Waals surface area contributed by atoms with Crippen molar-refractivity contribution in [3.05, 3.63) is 41.7 Å². The van der Waals surface area contributed by atoms with E-state index in [1.165, 1.54) is 0 Å². The fourth-order valence-electron chi connectivity index (χ4n) is 2.44. The van der Waals surface area contributed by atoms with Crippen molar-refractivity contribution in [3.8, 4) is 5.69 Å². The third kappa shape index (κ3) is 3.71. The SMILES string of the molecule is CC(N)c1ccc(-n2cc(COC3CCCCO3)nn2)cc1. The van der Waals surface area contributed by atoms with Gasteiger partial charge in [-0.15, -0.1) is 5.10 Å². The van der Waals surface area contributed by atoms with Crippen molar-refractivity contribution in [2.75, 3.05) is 6.61 Å². The molecule has 1 aliphatic rings. The Kier molecular flexibility index (Phi) is 4.82. The van der Waals surface area contributed by atoms with Gasteiger partial charge in [0.25, 0.3) is 0 Å². The first-order chi connectivity index (χ1) is 10.7. The normalized spacial score (nSPS) is 20.0. The molecule has 2 aromatic rings. The van der Waals surface area contributed by atoms with E-state index in [9.17, 15) is 0 Å². The second kappa shape index (κ2) is 7.00. The number of aromatic nitrogens is 3. The molecule has 2 N–H and O–H groups in total. The van der Waals surface area contributed by atoms with Gasteiger partial charge < -0.3 is 15.2 Å².